The summed E-state index contributed by atoms with van der Waals surface area (Å²) in [6, 6.07) is 0. The van der Waals surface area contributed by atoms with Crippen LogP contribution in [-0.4, -0.2) is 23.2 Å². The number of amides is 1. The van der Waals surface area contributed by atoms with Crippen LogP contribution in [0.5, 0.6) is 0 Å². The molecule has 5 nitrogen and oxygen atoms in total. The third kappa shape index (κ3) is 6.11. The number of alkyl carbamates (subject to hydrolysis) is 1. The molecule has 1 aromatic heterocycles. The van der Waals surface area contributed by atoms with E-state index >= 15 is 0 Å². The van der Waals surface area contributed by atoms with Gasteiger partial charge in [-0.25, -0.2) is 9.78 Å². The number of nitrogen functional groups attached to an aromatic ring is 1. The van der Waals surface area contributed by atoms with Crippen molar-refractivity contribution in [1.82, 2.24) is 10.3 Å². The standard InChI is InChI=1S/C13H19N3O2S/c1-9-10(19-11(14)16-9)7-5-6-8-15-12(17)18-13(2,3)4/h6,8H2,1-4H3,(H2,14,16)(H,15,17). The summed E-state index contributed by atoms with van der Waals surface area (Å²) in [5.41, 5.74) is 5.94. The van der Waals surface area contributed by atoms with E-state index in [1.165, 1.54) is 11.3 Å². The zero-order chi connectivity index (χ0) is 14.5. The Morgan fingerprint density at radius 2 is 2.21 bits per heavy atom. The van der Waals surface area contributed by atoms with Crippen LogP contribution in [-0.2, 0) is 4.74 Å². The topological polar surface area (TPSA) is 77.2 Å². The third-order valence-electron chi connectivity index (χ3n) is 1.93. The molecule has 1 aromatic rings. The molecule has 0 radical (unpaired) electrons. The fourth-order valence-electron chi connectivity index (χ4n) is 1.22. The molecule has 104 valence electrons. The second-order valence-electron chi connectivity index (χ2n) is 4.95. The predicted octanol–water partition coefficient (Wildman–Crippen LogP) is 2.30. The monoisotopic (exact) mass is 281 g/mol. The van der Waals surface area contributed by atoms with Crippen LogP contribution >= 0.6 is 11.3 Å². The highest BCUT2D eigenvalue weighted by atomic mass is 32.1. The van der Waals surface area contributed by atoms with Crippen LogP contribution in [0.1, 0.15) is 37.8 Å². The first-order valence-electron chi connectivity index (χ1n) is 5.96. The Morgan fingerprint density at radius 3 is 2.74 bits per heavy atom. The molecule has 3 N–H and O–H groups in total. The Hall–Kier alpha value is -1.74. The van der Waals surface area contributed by atoms with Crippen molar-refractivity contribution in [3.63, 3.8) is 0 Å². The fourth-order valence-corrected chi connectivity index (χ4v) is 1.93. The second kappa shape index (κ2) is 6.43. The quantitative estimate of drug-likeness (QED) is 0.644. The number of hydrogen-bond acceptors (Lipinski definition) is 5. The van der Waals surface area contributed by atoms with Gasteiger partial charge in [-0.2, -0.15) is 0 Å². The highest BCUT2D eigenvalue weighted by molar-refractivity contribution is 7.16. The van der Waals surface area contributed by atoms with Gasteiger partial charge in [-0.3, -0.25) is 0 Å². The molecule has 0 saturated heterocycles. The molecule has 0 unspecified atom stereocenters. The minimum Gasteiger partial charge on any atom is -0.444 e. The van der Waals surface area contributed by atoms with Crippen molar-refractivity contribution in [3.8, 4) is 11.8 Å². The molecule has 6 heteroatoms. The van der Waals surface area contributed by atoms with Crippen molar-refractivity contribution < 1.29 is 9.53 Å². The summed E-state index contributed by atoms with van der Waals surface area (Å²) in [5.74, 6) is 5.96. The number of nitrogens with zero attached hydrogens (tertiary/aromatic N) is 1. The summed E-state index contributed by atoms with van der Waals surface area (Å²) in [6.07, 6.45) is 0.128. The zero-order valence-electron chi connectivity index (χ0n) is 11.7. The maximum atomic E-state index is 11.3. The van der Waals surface area contributed by atoms with E-state index in [9.17, 15) is 4.79 Å². The lowest BCUT2D eigenvalue weighted by molar-refractivity contribution is 0.0529. The van der Waals surface area contributed by atoms with Gasteiger partial charge in [-0.15, -0.1) is 0 Å². The number of aromatic nitrogens is 1. The van der Waals surface area contributed by atoms with Gasteiger partial charge in [0, 0.05) is 13.0 Å². The molecule has 0 saturated carbocycles. The Balaban J connectivity index is 2.32. The number of hydrogen-bond donors (Lipinski definition) is 2. The van der Waals surface area contributed by atoms with Gasteiger partial charge in [-0.05, 0) is 27.7 Å². The number of thiazole rings is 1. The number of ether oxygens (including phenoxy) is 1. The highest BCUT2D eigenvalue weighted by Gasteiger charge is 2.15. The number of carbonyl (C=O) groups is 1. The fraction of sp³-hybridized carbons (Fsp3) is 0.538. The molecule has 1 amide bonds. The molecule has 1 heterocycles. The molecular weight excluding hydrogens is 262 g/mol. The van der Waals surface area contributed by atoms with Crippen molar-refractivity contribution in [3.05, 3.63) is 10.6 Å². The normalized spacial score (nSPS) is 10.5. The van der Waals surface area contributed by atoms with Crippen LogP contribution < -0.4 is 11.1 Å². The molecule has 0 aliphatic carbocycles. The highest BCUT2D eigenvalue weighted by Crippen LogP contribution is 2.17. The van der Waals surface area contributed by atoms with E-state index < -0.39 is 11.7 Å². The second-order valence-corrected chi connectivity index (χ2v) is 5.98. The van der Waals surface area contributed by atoms with Gasteiger partial charge in [0.15, 0.2) is 5.13 Å². The van der Waals surface area contributed by atoms with E-state index in [-0.39, 0.29) is 0 Å². The number of rotatable bonds is 2. The maximum Gasteiger partial charge on any atom is 0.407 e. The lowest BCUT2D eigenvalue weighted by atomic mass is 10.2. The number of carbonyl (C=O) groups excluding carboxylic acids is 1. The molecule has 0 spiro atoms. The summed E-state index contributed by atoms with van der Waals surface area (Å²) in [5, 5.41) is 3.17. The molecule has 1 rings (SSSR count). The smallest absolute Gasteiger partial charge is 0.407 e. The molecule has 0 atom stereocenters. The zero-order valence-corrected chi connectivity index (χ0v) is 12.5. The van der Waals surface area contributed by atoms with Crippen LogP contribution in [0.3, 0.4) is 0 Å². The molecule has 0 aliphatic heterocycles. The van der Waals surface area contributed by atoms with Gasteiger partial charge in [-0.1, -0.05) is 23.2 Å². The Kier molecular flexibility index (Phi) is 5.19. The van der Waals surface area contributed by atoms with E-state index in [1.807, 2.05) is 27.7 Å². The molecular formula is C13H19N3O2S. The van der Waals surface area contributed by atoms with Crippen molar-refractivity contribution >= 4 is 22.6 Å². The Morgan fingerprint density at radius 1 is 1.53 bits per heavy atom. The van der Waals surface area contributed by atoms with Crippen LogP contribution in [0.4, 0.5) is 9.93 Å². The average Bonchev–Trinajstić information content (AvgIpc) is 2.54. The number of nitrogens with two attached hydrogens (primary N) is 1. The first kappa shape index (κ1) is 15.3. The molecule has 0 aromatic carbocycles. The van der Waals surface area contributed by atoms with Gasteiger partial charge in [0.1, 0.15) is 10.5 Å². The summed E-state index contributed by atoms with van der Waals surface area (Å²) in [6.45, 7) is 7.79. The van der Waals surface area contributed by atoms with E-state index in [0.717, 1.165) is 10.6 Å². The van der Waals surface area contributed by atoms with Crippen molar-refractivity contribution in [2.24, 2.45) is 0 Å². The minimum atomic E-state index is -0.479. The first-order valence-corrected chi connectivity index (χ1v) is 6.78. The summed E-state index contributed by atoms with van der Waals surface area (Å²) in [4.78, 5) is 16.3. The lowest BCUT2D eigenvalue weighted by Crippen LogP contribution is -2.32. The van der Waals surface area contributed by atoms with Gasteiger partial charge in [0.05, 0.1) is 5.69 Å². The summed E-state index contributed by atoms with van der Waals surface area (Å²) >= 11 is 1.37. The van der Waals surface area contributed by atoms with E-state index in [1.54, 1.807) is 0 Å². The van der Waals surface area contributed by atoms with Crippen LogP contribution in [0.25, 0.3) is 0 Å². The largest absolute Gasteiger partial charge is 0.444 e. The van der Waals surface area contributed by atoms with Gasteiger partial charge in [0.2, 0.25) is 0 Å². The molecule has 0 aliphatic rings. The maximum absolute atomic E-state index is 11.3. The lowest BCUT2D eigenvalue weighted by Gasteiger charge is -2.19. The predicted molar refractivity (Wildman–Crippen MR) is 77.0 cm³/mol. The summed E-state index contributed by atoms with van der Waals surface area (Å²) < 4.78 is 5.10. The van der Waals surface area contributed by atoms with E-state index in [0.29, 0.717) is 18.1 Å². The minimum absolute atomic E-state index is 0.424. The molecule has 19 heavy (non-hydrogen) atoms. The van der Waals surface area contributed by atoms with Crippen molar-refractivity contribution in [2.75, 3.05) is 12.3 Å². The first-order chi connectivity index (χ1) is 8.78. The average molecular weight is 281 g/mol. The van der Waals surface area contributed by atoms with Crippen LogP contribution in [0, 0.1) is 18.8 Å². The van der Waals surface area contributed by atoms with Crippen LogP contribution in [0.2, 0.25) is 0 Å². The van der Waals surface area contributed by atoms with E-state index in [4.69, 9.17) is 10.5 Å². The number of nitrogens with one attached hydrogen (secondary N) is 1. The van der Waals surface area contributed by atoms with Gasteiger partial charge >= 0.3 is 6.09 Å². The molecule has 0 bridgehead atoms. The number of aryl methyl sites for hydroxylation is 1. The Labute approximate surface area is 117 Å². The van der Waals surface area contributed by atoms with Gasteiger partial charge < -0.3 is 15.8 Å². The van der Waals surface area contributed by atoms with E-state index in [2.05, 4.69) is 22.1 Å². The van der Waals surface area contributed by atoms with Crippen molar-refractivity contribution in [2.45, 2.75) is 39.7 Å². The molecule has 0 fully saturated rings. The van der Waals surface area contributed by atoms with Crippen molar-refractivity contribution in [1.29, 1.82) is 0 Å². The van der Waals surface area contributed by atoms with Crippen LogP contribution in [0.15, 0.2) is 0 Å². The SMILES string of the molecule is Cc1nc(N)sc1C#CCCNC(=O)OC(C)(C)C. The van der Waals surface area contributed by atoms with Gasteiger partial charge in [0.25, 0.3) is 0 Å². The third-order valence-corrected chi connectivity index (χ3v) is 2.84. The number of anilines is 1. The Bertz CT molecular complexity index is 506. The summed E-state index contributed by atoms with van der Waals surface area (Å²) in [7, 11) is 0.